The molecule has 2 aromatic rings. The minimum Gasteiger partial charge on any atom is -1.00 e. The van der Waals surface area contributed by atoms with Crippen LogP contribution >= 0.6 is 0 Å². The van der Waals surface area contributed by atoms with Gasteiger partial charge >= 0.3 is 231 Å². The summed E-state index contributed by atoms with van der Waals surface area (Å²) in [5.41, 5.74) is 10.9. The molecule has 0 fully saturated rings. The van der Waals surface area contributed by atoms with Gasteiger partial charge in [-0.25, -0.2) is 0 Å². The number of halogens is 2. The fourth-order valence-electron chi connectivity index (χ4n) is 6.01. The maximum Gasteiger partial charge on any atom is -1.00 e. The van der Waals surface area contributed by atoms with Crippen molar-refractivity contribution in [2.75, 3.05) is 0 Å². The molecule has 0 amide bonds. The van der Waals surface area contributed by atoms with E-state index in [2.05, 4.69) is 91.0 Å². The van der Waals surface area contributed by atoms with E-state index in [-0.39, 0.29) is 24.8 Å². The van der Waals surface area contributed by atoms with E-state index in [1.165, 1.54) is 68.1 Å². The molecule has 4 rings (SSSR count). The Labute approximate surface area is 253 Å². The van der Waals surface area contributed by atoms with Crippen LogP contribution in [-0.2, 0) is 34.1 Å². The molecule has 0 bridgehead atoms. The van der Waals surface area contributed by atoms with Gasteiger partial charge in [-0.1, -0.05) is 0 Å². The first-order valence-corrected chi connectivity index (χ1v) is 18.4. The molecule has 0 aliphatic heterocycles. The number of allylic oxidation sites excluding steroid dienone is 4. The van der Waals surface area contributed by atoms with E-state index < -0.39 is 21.3 Å². The van der Waals surface area contributed by atoms with Crippen molar-refractivity contribution in [3.63, 3.8) is 0 Å². The summed E-state index contributed by atoms with van der Waals surface area (Å²) in [6, 6.07) is 10.0. The Morgan fingerprint density at radius 3 is 2.13 bits per heavy atom. The number of benzene rings is 2. The van der Waals surface area contributed by atoms with Crippen LogP contribution in [0.5, 0.6) is 0 Å². The summed E-state index contributed by atoms with van der Waals surface area (Å²) >= 11 is -2.23. The molecule has 1 unspecified atom stereocenters. The van der Waals surface area contributed by atoms with Crippen LogP contribution in [0, 0.1) is 25.7 Å². The topological polar surface area (TPSA) is 0 Å². The molecule has 0 radical (unpaired) electrons. The minimum absolute atomic E-state index is 0. The molecule has 0 N–H and O–H groups in total. The van der Waals surface area contributed by atoms with E-state index in [0.717, 1.165) is 12.3 Å². The molecule has 0 saturated heterocycles. The molecular weight excluding hydrogens is 583 g/mol. The normalized spacial score (nSPS) is 13.7. The number of hydrogen-bond acceptors (Lipinski definition) is 0. The average molecular weight is 631 g/mol. The zero-order chi connectivity index (χ0) is 25.8. The average Bonchev–Trinajstić information content (AvgIpc) is 3.50. The minimum atomic E-state index is -2.23. The largest absolute Gasteiger partial charge is 1.00 e. The van der Waals surface area contributed by atoms with Crippen molar-refractivity contribution in [1.82, 2.24) is 0 Å². The van der Waals surface area contributed by atoms with Gasteiger partial charge in [0, 0.05) is 0 Å². The first-order valence-electron chi connectivity index (χ1n) is 14.7. The fraction of sp³-hybridized carbons (Fsp3) is 0.514. The van der Waals surface area contributed by atoms with Gasteiger partial charge in [0.1, 0.15) is 0 Å². The van der Waals surface area contributed by atoms with Crippen molar-refractivity contribution in [3.8, 4) is 11.1 Å². The Morgan fingerprint density at radius 1 is 0.895 bits per heavy atom. The zero-order valence-electron chi connectivity index (χ0n) is 24.8. The fourth-order valence-corrected chi connectivity index (χ4v) is 14.9. The predicted octanol–water partition coefficient (Wildman–Crippen LogP) is 3.36. The van der Waals surface area contributed by atoms with Crippen LogP contribution in [0.2, 0.25) is 0 Å². The molecule has 2 aliphatic carbocycles. The second-order valence-corrected chi connectivity index (χ2v) is 18.2. The molecule has 2 aromatic carbocycles. The van der Waals surface area contributed by atoms with Crippen molar-refractivity contribution in [2.24, 2.45) is 11.8 Å². The van der Waals surface area contributed by atoms with Gasteiger partial charge < -0.3 is 24.8 Å². The van der Waals surface area contributed by atoms with Gasteiger partial charge in [0.05, 0.1) is 0 Å². The van der Waals surface area contributed by atoms with Gasteiger partial charge in [0.15, 0.2) is 0 Å². The monoisotopic (exact) mass is 628 g/mol. The molecule has 0 saturated carbocycles. The molecular formula is C35H48Cl2Zr. The third-order valence-corrected chi connectivity index (χ3v) is 17.0. The molecule has 2 aliphatic rings. The number of unbranched alkanes of at least 4 members (excludes halogenated alkanes) is 2. The smallest absolute Gasteiger partial charge is 1.00 e. The van der Waals surface area contributed by atoms with Crippen molar-refractivity contribution in [1.29, 1.82) is 0 Å². The van der Waals surface area contributed by atoms with Crippen molar-refractivity contribution in [2.45, 2.75) is 106 Å². The molecule has 38 heavy (non-hydrogen) atoms. The van der Waals surface area contributed by atoms with E-state index in [0.29, 0.717) is 5.92 Å². The summed E-state index contributed by atoms with van der Waals surface area (Å²) in [7, 11) is 0. The first kappa shape index (κ1) is 33.5. The number of rotatable bonds is 11. The predicted molar refractivity (Wildman–Crippen MR) is 157 cm³/mol. The summed E-state index contributed by atoms with van der Waals surface area (Å²) < 4.78 is 5.70. The maximum absolute atomic E-state index is 2.57. The molecule has 0 aromatic heterocycles. The summed E-state index contributed by atoms with van der Waals surface area (Å²) in [5.74, 6) is 1.43. The second kappa shape index (κ2) is 15.3. The zero-order valence-corrected chi connectivity index (χ0v) is 28.8. The maximum atomic E-state index is 2.57. The van der Waals surface area contributed by atoms with Gasteiger partial charge in [0.2, 0.25) is 0 Å². The van der Waals surface area contributed by atoms with E-state index in [9.17, 15) is 0 Å². The standard InChI is InChI=1S/C21H25.C9H18.C5H5.2ClH.Zr/c1-13(2)14(3)8-17-6-7-20-19(11-17)12-18-9-15(4)16(5)10-21(18)20;1-3-5-7-9-8-6-4-2;1-2-4-5-3-1;;;/h6-7,9-10,13-14H,8,12H2,1-5H3;3-8H2,1-2H3;1-3H,4H2;2*1H;/q;;;;;+2/p-2. The molecule has 0 heterocycles. The van der Waals surface area contributed by atoms with Gasteiger partial charge in [-0.2, -0.15) is 0 Å². The van der Waals surface area contributed by atoms with Crippen LogP contribution in [0.3, 0.4) is 0 Å². The molecule has 0 spiro atoms. The first-order chi connectivity index (χ1) is 17.3. The second-order valence-electron chi connectivity index (χ2n) is 11.8. The van der Waals surface area contributed by atoms with Crippen LogP contribution in [0.4, 0.5) is 0 Å². The van der Waals surface area contributed by atoms with Gasteiger partial charge in [0.25, 0.3) is 0 Å². The Kier molecular flexibility index (Phi) is 13.5. The van der Waals surface area contributed by atoms with E-state index >= 15 is 0 Å². The number of aryl methyl sites for hydroxylation is 2. The molecule has 3 heteroatoms. The summed E-state index contributed by atoms with van der Waals surface area (Å²) in [4.78, 5) is 0. The number of hydrogen-bond donors (Lipinski definition) is 0. The SMILES string of the molecule is CCCC[C](CCCC)=[Zr+2]([C]1=CC=CC1)[c]1c(CC(C)C(C)C)ccc2c1Cc1cc(C)c(C)cc1-2.[Cl-].[Cl-]. The number of fused-ring (bicyclic) bond motifs is 3. The third-order valence-electron chi connectivity index (χ3n) is 8.82. The molecule has 0 nitrogen and oxygen atoms in total. The Balaban J connectivity index is 0.00000253. The Morgan fingerprint density at radius 2 is 1.55 bits per heavy atom. The van der Waals surface area contributed by atoms with Gasteiger partial charge in [-0.15, -0.1) is 0 Å². The summed E-state index contributed by atoms with van der Waals surface area (Å²) in [5, 5.41) is 0. The quantitative estimate of drug-likeness (QED) is 0.305. The van der Waals surface area contributed by atoms with E-state index in [4.69, 9.17) is 0 Å². The van der Waals surface area contributed by atoms with Crippen molar-refractivity contribution >= 4 is 6.48 Å². The van der Waals surface area contributed by atoms with Crippen LogP contribution in [0.15, 0.2) is 45.8 Å². The Hall–Kier alpha value is -0.747. The van der Waals surface area contributed by atoms with E-state index in [1.807, 2.05) is 9.76 Å². The van der Waals surface area contributed by atoms with Crippen LogP contribution < -0.4 is 28.1 Å². The van der Waals surface area contributed by atoms with Crippen LogP contribution in [0.1, 0.15) is 107 Å². The third kappa shape index (κ3) is 7.30. The molecule has 206 valence electrons. The summed E-state index contributed by atoms with van der Waals surface area (Å²) in [6.07, 6.45) is 18.9. The van der Waals surface area contributed by atoms with Crippen molar-refractivity contribution in [3.05, 3.63) is 73.6 Å². The van der Waals surface area contributed by atoms with E-state index in [1.54, 1.807) is 22.3 Å². The van der Waals surface area contributed by atoms with Crippen LogP contribution in [0.25, 0.3) is 11.1 Å². The van der Waals surface area contributed by atoms with Gasteiger partial charge in [-0.3, -0.25) is 0 Å². The van der Waals surface area contributed by atoms with Crippen LogP contribution in [-0.4, -0.2) is 3.21 Å². The molecule has 1 atom stereocenters. The summed E-state index contributed by atoms with van der Waals surface area (Å²) in [6.45, 7) is 16.6. The Bertz CT molecular complexity index is 1190. The van der Waals surface area contributed by atoms with Crippen molar-refractivity contribution < 1.29 is 46.1 Å². The van der Waals surface area contributed by atoms with Gasteiger partial charge in [-0.05, 0) is 0 Å².